The summed E-state index contributed by atoms with van der Waals surface area (Å²) in [6, 6.07) is -1.20. The van der Waals surface area contributed by atoms with Gasteiger partial charge in [-0.05, 0) is 89.0 Å². The smallest absolute Gasteiger partial charge is 0.329 e. The molecule has 0 spiro atoms. The number of Topliss-reactive ketones (excluding diaryl/α,β-unsaturated/α-hetero) is 2. The van der Waals surface area contributed by atoms with Crippen LogP contribution in [-0.4, -0.2) is 137 Å². The second-order valence-electron chi connectivity index (χ2n) is 17.3. The van der Waals surface area contributed by atoms with E-state index in [1.165, 1.54) is 21.1 Å². The Balaban J connectivity index is 1.78. The van der Waals surface area contributed by atoms with Crippen LogP contribution in [0.25, 0.3) is 0 Å². The summed E-state index contributed by atoms with van der Waals surface area (Å²) in [6.07, 6.45) is 1.70. The second kappa shape index (κ2) is 21.1. The molecule has 15 atom stereocenters. The van der Waals surface area contributed by atoms with Gasteiger partial charge in [0.1, 0.15) is 36.2 Å². The number of hydrogen-bond donors (Lipinski definition) is 4. The number of hydrogen-bond acceptors (Lipinski definition) is 13. The van der Waals surface area contributed by atoms with Crippen molar-refractivity contribution in [1.82, 2.24) is 4.90 Å². The van der Waals surface area contributed by atoms with E-state index in [2.05, 4.69) is 6.58 Å². The summed E-state index contributed by atoms with van der Waals surface area (Å²) in [5.41, 5.74) is 1.55. The molecule has 2 saturated heterocycles. The number of ether oxygens (including phenoxy) is 5. The van der Waals surface area contributed by atoms with Crippen LogP contribution in [0.2, 0.25) is 0 Å². The summed E-state index contributed by atoms with van der Waals surface area (Å²) in [4.78, 5) is 57.5. The number of methoxy groups -OCH3 is 3. The van der Waals surface area contributed by atoms with Gasteiger partial charge >= 0.3 is 11.8 Å². The Morgan fingerprint density at radius 2 is 1.64 bits per heavy atom. The zero-order chi connectivity index (χ0) is 43.1. The summed E-state index contributed by atoms with van der Waals surface area (Å²) >= 11 is 0. The van der Waals surface area contributed by atoms with Crippen LogP contribution in [0, 0.1) is 29.6 Å². The molecule has 0 aromatic heterocycles. The summed E-state index contributed by atoms with van der Waals surface area (Å²) < 4.78 is 29.1. The Bertz CT molecular complexity index is 1510. The Morgan fingerprint density at radius 3 is 2.28 bits per heavy atom. The van der Waals surface area contributed by atoms with E-state index in [4.69, 9.17) is 23.7 Å². The van der Waals surface area contributed by atoms with Crippen molar-refractivity contribution < 1.29 is 63.3 Å². The van der Waals surface area contributed by atoms with Crippen molar-refractivity contribution in [3.05, 3.63) is 36.0 Å². The highest BCUT2D eigenvalue weighted by Gasteiger charge is 2.62. The molecule has 0 aromatic carbocycles. The van der Waals surface area contributed by atoms with Gasteiger partial charge in [0.05, 0.1) is 30.3 Å². The third-order valence-corrected chi connectivity index (χ3v) is 12.9. The van der Waals surface area contributed by atoms with E-state index in [0.29, 0.717) is 56.9 Å². The minimum absolute atomic E-state index is 0.0309. The van der Waals surface area contributed by atoms with Crippen LogP contribution >= 0.6 is 0 Å². The molecule has 2 bridgehead atoms. The SMILES string of the molecule is C=CC[C@@H]1/C=C(\C)C[C@H](C)C[C@H](OC)C(O)C(OC)C2OC(O)(C(=O)C2C)C(=O)N2CCCC[C@H]2C(=O)O[C@H](/C(C)=C/[C@@H]2CC[C@@H](O)[C@H](OC)C2)[C@H](C)[C@@H](O)CC1=O. The summed E-state index contributed by atoms with van der Waals surface area (Å²) in [7, 11) is 4.34. The van der Waals surface area contributed by atoms with Crippen molar-refractivity contribution in [2.24, 2.45) is 29.6 Å². The molecule has 0 radical (unpaired) electrons. The topological polar surface area (TPSA) is 199 Å². The molecule has 14 nitrogen and oxygen atoms in total. The molecule has 3 aliphatic heterocycles. The van der Waals surface area contributed by atoms with Crippen molar-refractivity contribution >= 4 is 23.4 Å². The summed E-state index contributed by atoms with van der Waals surface area (Å²) in [6.45, 7) is 12.8. The van der Waals surface area contributed by atoms with Crippen LogP contribution in [0.5, 0.6) is 0 Å². The molecule has 328 valence electrons. The first-order chi connectivity index (χ1) is 27.4. The first-order valence-corrected chi connectivity index (χ1v) is 21.0. The third-order valence-electron chi connectivity index (χ3n) is 12.9. The maximum absolute atomic E-state index is 14.3. The van der Waals surface area contributed by atoms with E-state index in [-0.39, 0.29) is 43.1 Å². The Morgan fingerprint density at radius 1 is 0.948 bits per heavy atom. The van der Waals surface area contributed by atoms with Gasteiger partial charge in [-0.25, -0.2) is 4.79 Å². The standard InChI is InChI=1S/C44H69NO13/c1-10-13-30-19-24(2)18-25(3)20-36(55-8)37(49)40(56-9)39-28(6)41(50)44(53,58-39)43(52)45-17-12-11-14-31(45)42(51)57-38(27(5)33(47)23-34(30)48)26(4)21-29-15-16-32(46)35(22-29)54-7/h10,19,21,25,27-33,35-40,46-47,49,53H,1,11-18,20,22-23H2,2-9H3/b24-19+,26-21+/t25-,27+,28?,29-,30+,31-,32+,33-,35+,36-,37?,38+,39?,40?,44?/m0/s1. The lowest BCUT2D eigenvalue weighted by Gasteiger charge is -2.39. The number of ketones is 2. The Labute approximate surface area is 343 Å². The predicted octanol–water partition coefficient (Wildman–Crippen LogP) is 3.61. The van der Waals surface area contributed by atoms with Gasteiger partial charge in [-0.3, -0.25) is 14.4 Å². The van der Waals surface area contributed by atoms with E-state index in [1.807, 2.05) is 26.0 Å². The van der Waals surface area contributed by atoms with Crippen LogP contribution in [0.15, 0.2) is 36.0 Å². The summed E-state index contributed by atoms with van der Waals surface area (Å²) in [5.74, 6) is -8.50. The average Bonchev–Trinajstić information content (AvgIpc) is 3.42. The predicted molar refractivity (Wildman–Crippen MR) is 214 cm³/mol. The van der Waals surface area contributed by atoms with Gasteiger partial charge < -0.3 is 49.0 Å². The van der Waals surface area contributed by atoms with E-state index >= 15 is 0 Å². The molecule has 4 rings (SSSR count). The number of amides is 1. The van der Waals surface area contributed by atoms with E-state index in [0.717, 1.165) is 10.5 Å². The number of rotatable bonds is 7. The molecule has 3 heterocycles. The van der Waals surface area contributed by atoms with E-state index < -0.39 is 90.0 Å². The minimum Gasteiger partial charge on any atom is -0.456 e. The number of nitrogens with zero attached hydrogens (tertiary/aromatic N) is 1. The van der Waals surface area contributed by atoms with Crippen LogP contribution in [0.4, 0.5) is 0 Å². The molecule has 5 unspecified atom stereocenters. The van der Waals surface area contributed by atoms with Gasteiger partial charge in [0.2, 0.25) is 5.78 Å². The molecule has 1 amide bonds. The fourth-order valence-electron chi connectivity index (χ4n) is 9.48. The Hall–Kier alpha value is -2.82. The van der Waals surface area contributed by atoms with E-state index in [9.17, 15) is 39.6 Å². The molecular formula is C44H69NO13. The largest absolute Gasteiger partial charge is 0.456 e. The molecule has 4 N–H and O–H groups in total. The van der Waals surface area contributed by atoms with Crippen molar-refractivity contribution in [1.29, 1.82) is 0 Å². The first-order valence-electron chi connectivity index (χ1n) is 21.0. The normalized spacial score (nSPS) is 41.8. The van der Waals surface area contributed by atoms with E-state index in [1.54, 1.807) is 27.0 Å². The van der Waals surface area contributed by atoms with Gasteiger partial charge in [-0.1, -0.05) is 44.6 Å². The number of allylic oxidation sites excluding steroid dienone is 4. The number of aliphatic hydroxyl groups is 4. The highest BCUT2D eigenvalue weighted by molar-refractivity contribution is 6.10. The summed E-state index contributed by atoms with van der Waals surface area (Å²) in [5, 5.41) is 45.6. The average molecular weight is 820 g/mol. The van der Waals surface area contributed by atoms with Crippen LogP contribution in [-0.2, 0) is 42.9 Å². The molecule has 0 aromatic rings. The zero-order valence-corrected chi connectivity index (χ0v) is 35.7. The maximum atomic E-state index is 14.3. The zero-order valence-electron chi connectivity index (χ0n) is 35.7. The third kappa shape index (κ3) is 10.9. The monoisotopic (exact) mass is 819 g/mol. The molecule has 3 fully saturated rings. The van der Waals surface area contributed by atoms with Gasteiger partial charge in [-0.2, -0.15) is 0 Å². The van der Waals surface area contributed by atoms with Gasteiger partial charge in [0.25, 0.3) is 5.91 Å². The van der Waals surface area contributed by atoms with Gasteiger partial charge in [0, 0.05) is 46.1 Å². The molecular weight excluding hydrogens is 750 g/mol. The first kappa shape index (κ1) is 47.9. The second-order valence-corrected chi connectivity index (χ2v) is 17.3. The minimum atomic E-state index is -2.96. The van der Waals surface area contributed by atoms with Crippen molar-refractivity contribution in [2.45, 2.75) is 159 Å². The Kier molecular flexibility index (Phi) is 17.4. The molecule has 1 aliphatic carbocycles. The number of fused-ring (bicyclic) bond motifs is 3. The van der Waals surface area contributed by atoms with Gasteiger partial charge in [0.15, 0.2) is 0 Å². The van der Waals surface area contributed by atoms with Crippen molar-refractivity contribution in [2.75, 3.05) is 27.9 Å². The van der Waals surface area contributed by atoms with Crippen molar-refractivity contribution in [3.8, 4) is 0 Å². The number of cyclic esters (lactones) is 1. The molecule has 1 saturated carbocycles. The molecule has 4 aliphatic rings. The molecule has 58 heavy (non-hydrogen) atoms. The molecule has 14 heteroatoms. The van der Waals surface area contributed by atoms with Crippen LogP contribution < -0.4 is 0 Å². The van der Waals surface area contributed by atoms with Crippen molar-refractivity contribution in [3.63, 3.8) is 0 Å². The number of carbonyl (C=O) groups is 4. The number of esters is 1. The quantitative estimate of drug-likeness (QED) is 0.165. The van der Waals surface area contributed by atoms with Gasteiger partial charge in [-0.15, -0.1) is 6.58 Å². The fraction of sp³-hybridized carbons (Fsp3) is 0.773. The lowest BCUT2D eigenvalue weighted by Crippen LogP contribution is -2.60. The maximum Gasteiger partial charge on any atom is 0.329 e. The number of aliphatic hydroxyl groups excluding tert-OH is 3. The fourth-order valence-corrected chi connectivity index (χ4v) is 9.48. The lowest BCUT2D eigenvalue weighted by atomic mass is 9.81. The highest BCUT2D eigenvalue weighted by atomic mass is 16.7. The number of piperidine rings is 1. The van der Waals surface area contributed by atoms with Crippen LogP contribution in [0.1, 0.15) is 98.8 Å². The van der Waals surface area contributed by atoms with Crippen LogP contribution in [0.3, 0.4) is 0 Å². The highest BCUT2D eigenvalue weighted by Crippen LogP contribution is 2.38. The number of carbonyl (C=O) groups excluding carboxylic acids is 4. The lowest BCUT2D eigenvalue weighted by molar-refractivity contribution is -0.229.